The molecule has 1 saturated carbocycles. The minimum Gasteiger partial charge on any atom is -0.494 e. The quantitative estimate of drug-likeness (QED) is 0.272. The van der Waals surface area contributed by atoms with E-state index in [1.54, 1.807) is 7.11 Å². The Morgan fingerprint density at radius 1 is 1.02 bits per heavy atom. The highest BCUT2D eigenvalue weighted by atomic mass is 16.5. The number of ether oxygens (including phenoxy) is 1. The Kier molecular flexibility index (Phi) is 7.35. The summed E-state index contributed by atoms with van der Waals surface area (Å²) in [7, 11) is 1.68. The number of aromatic nitrogens is 4. The van der Waals surface area contributed by atoms with Gasteiger partial charge in [-0.1, -0.05) is 33.1 Å². The zero-order chi connectivity index (χ0) is 32.6. The van der Waals surface area contributed by atoms with Crippen molar-refractivity contribution in [3.63, 3.8) is 0 Å². The molecule has 8 rings (SSSR count). The fourth-order valence-corrected chi connectivity index (χ4v) is 8.41. The first-order valence-electron chi connectivity index (χ1n) is 17.6. The molecule has 0 radical (unpaired) electrons. The van der Waals surface area contributed by atoms with Crippen molar-refractivity contribution < 1.29 is 14.3 Å². The van der Waals surface area contributed by atoms with Crippen LogP contribution < -0.4 is 15.8 Å². The van der Waals surface area contributed by atoms with Crippen LogP contribution in [0.25, 0.3) is 33.6 Å². The Hall–Kier alpha value is -3.92. The van der Waals surface area contributed by atoms with E-state index in [-0.39, 0.29) is 36.0 Å². The highest BCUT2D eigenvalue weighted by Gasteiger charge is 2.47. The Morgan fingerprint density at radius 2 is 1.81 bits per heavy atom. The molecule has 47 heavy (non-hydrogen) atoms. The number of nitrogens with two attached hydrogens (primary N) is 1. The number of hydrogen-bond donors (Lipinski definition) is 2. The second kappa shape index (κ2) is 11.4. The van der Waals surface area contributed by atoms with Crippen molar-refractivity contribution in [3.8, 4) is 17.3 Å². The van der Waals surface area contributed by atoms with Gasteiger partial charge in [-0.3, -0.25) is 9.59 Å². The van der Waals surface area contributed by atoms with E-state index >= 15 is 0 Å². The Labute approximate surface area is 276 Å². The average molecular weight is 638 g/mol. The first kappa shape index (κ1) is 30.4. The highest BCUT2D eigenvalue weighted by molar-refractivity contribution is 6.01. The smallest absolute Gasteiger partial charge is 0.254 e. The summed E-state index contributed by atoms with van der Waals surface area (Å²) in [6.45, 7) is 6.92. The number of benzene rings is 1. The molecule has 3 aromatic heterocycles. The maximum atomic E-state index is 14.0. The van der Waals surface area contributed by atoms with Crippen LogP contribution in [0.1, 0.15) is 113 Å². The third-order valence-corrected chi connectivity index (χ3v) is 11.3. The summed E-state index contributed by atoms with van der Waals surface area (Å²) in [5.74, 6) is 1.66. The zero-order valence-corrected chi connectivity index (χ0v) is 28.1. The summed E-state index contributed by atoms with van der Waals surface area (Å²) in [5.41, 5.74) is 11.1. The number of nitrogens with one attached hydrogen (secondary N) is 1. The first-order valence-corrected chi connectivity index (χ1v) is 17.6. The molecule has 2 amide bonds. The number of carbonyl (C=O) groups is 2. The molecule has 4 atom stereocenters. The lowest BCUT2D eigenvalue weighted by Crippen LogP contribution is -2.40. The van der Waals surface area contributed by atoms with Crippen LogP contribution in [0.3, 0.4) is 0 Å². The van der Waals surface area contributed by atoms with Crippen LogP contribution in [0.15, 0.2) is 30.3 Å². The Bertz CT molecular complexity index is 1890. The van der Waals surface area contributed by atoms with E-state index in [9.17, 15) is 9.59 Å². The van der Waals surface area contributed by atoms with Gasteiger partial charge in [-0.15, -0.1) is 0 Å². The number of nitrogens with zero attached hydrogens (tertiary/aromatic N) is 5. The van der Waals surface area contributed by atoms with E-state index < -0.39 is 5.41 Å². The molecule has 4 aromatic rings. The molecule has 248 valence electrons. The number of fused-ring (bicyclic) bond motifs is 4. The molecular weight excluding hydrogens is 590 g/mol. The standard InChI is InChI=1S/C37H47N7O3/c1-21-27-13-9-22-18-30(42(33(22)40-27)16-8-6-5-7-15-37(2,3)36(46)39-21)34-41-28-17-23(19-31(47-4)32(28)44(34)24-10-11-24)35(45)43-25-12-14-29(43)26(38)20-25/h9,13,17-19,21,24-26,29H,5-8,10-12,14-16,20,38H2,1-4H3,(H,39,46)/t21-,25+,26-,29-/m1/s1. The van der Waals surface area contributed by atoms with Gasteiger partial charge in [0.1, 0.15) is 16.9 Å². The van der Waals surface area contributed by atoms with Crippen LogP contribution in [-0.2, 0) is 11.3 Å². The van der Waals surface area contributed by atoms with Crippen LogP contribution in [0, 0.1) is 5.41 Å². The van der Waals surface area contributed by atoms with Gasteiger partial charge in [0.05, 0.1) is 30.1 Å². The van der Waals surface area contributed by atoms with Gasteiger partial charge in [-0.2, -0.15) is 0 Å². The summed E-state index contributed by atoms with van der Waals surface area (Å²) in [6.07, 6.45) is 10.1. The molecule has 0 unspecified atom stereocenters. The predicted molar refractivity (Wildman–Crippen MR) is 182 cm³/mol. The topological polar surface area (TPSA) is 120 Å². The van der Waals surface area contributed by atoms with Crippen LogP contribution in [0.5, 0.6) is 5.75 Å². The number of pyridine rings is 1. The number of rotatable bonds is 4. The molecule has 1 aliphatic carbocycles. The monoisotopic (exact) mass is 637 g/mol. The number of aryl methyl sites for hydroxylation is 1. The number of amides is 2. The molecule has 3 N–H and O–H groups in total. The lowest BCUT2D eigenvalue weighted by Gasteiger charge is -2.26. The first-order chi connectivity index (χ1) is 22.6. The molecular formula is C37H47N7O3. The summed E-state index contributed by atoms with van der Waals surface area (Å²) in [4.78, 5) is 39.7. The fourth-order valence-electron chi connectivity index (χ4n) is 8.41. The molecule has 4 bridgehead atoms. The van der Waals surface area contributed by atoms with Crippen molar-refractivity contribution in [3.05, 3.63) is 41.6 Å². The number of imidazole rings is 1. The molecule has 3 fully saturated rings. The lowest BCUT2D eigenvalue weighted by molar-refractivity contribution is -0.130. The van der Waals surface area contributed by atoms with Crippen LogP contribution in [0.2, 0.25) is 0 Å². The van der Waals surface area contributed by atoms with Gasteiger partial charge < -0.3 is 29.8 Å². The molecule has 1 aromatic carbocycles. The van der Waals surface area contributed by atoms with E-state index in [4.69, 9.17) is 20.4 Å². The molecule has 2 saturated heterocycles. The van der Waals surface area contributed by atoms with Gasteiger partial charge in [0.15, 0.2) is 5.82 Å². The second-order valence-electron chi connectivity index (χ2n) is 15.1. The van der Waals surface area contributed by atoms with Gasteiger partial charge in [0.25, 0.3) is 5.91 Å². The largest absolute Gasteiger partial charge is 0.494 e. The van der Waals surface area contributed by atoms with Gasteiger partial charge >= 0.3 is 0 Å². The van der Waals surface area contributed by atoms with Gasteiger partial charge in [0, 0.05) is 47.1 Å². The number of hydrogen-bond acceptors (Lipinski definition) is 6. The van der Waals surface area contributed by atoms with Crippen molar-refractivity contribution in [1.29, 1.82) is 0 Å². The van der Waals surface area contributed by atoms with Crippen LogP contribution in [0.4, 0.5) is 0 Å². The van der Waals surface area contributed by atoms with Crippen molar-refractivity contribution in [1.82, 2.24) is 29.3 Å². The van der Waals surface area contributed by atoms with Crippen molar-refractivity contribution in [2.75, 3.05) is 7.11 Å². The highest BCUT2D eigenvalue weighted by Crippen LogP contribution is 2.45. The van der Waals surface area contributed by atoms with Crippen molar-refractivity contribution >= 4 is 33.9 Å². The van der Waals surface area contributed by atoms with E-state index in [2.05, 4.69) is 26.6 Å². The van der Waals surface area contributed by atoms with Crippen molar-refractivity contribution in [2.45, 2.75) is 122 Å². The van der Waals surface area contributed by atoms with E-state index in [1.165, 1.54) is 0 Å². The molecule has 10 nitrogen and oxygen atoms in total. The SMILES string of the molecule is COc1cc(C(=O)N2[C@H]3CC[C@@H]2[C@H](N)C3)cc2nc(-c3cc4ccc5nc4n3CCCCCCC(C)(C)C(=O)N[C@@H]5C)n(C3CC3)c12. The Balaban J connectivity index is 1.25. The number of carbonyl (C=O) groups excluding carboxylic acids is 2. The molecule has 6 heterocycles. The summed E-state index contributed by atoms with van der Waals surface area (Å²) in [5, 5.41) is 4.28. The van der Waals surface area contributed by atoms with Crippen molar-refractivity contribution in [2.24, 2.45) is 11.1 Å². The zero-order valence-electron chi connectivity index (χ0n) is 28.1. The van der Waals surface area contributed by atoms with Crippen LogP contribution >= 0.6 is 0 Å². The van der Waals surface area contributed by atoms with E-state index in [0.29, 0.717) is 17.4 Å². The summed E-state index contributed by atoms with van der Waals surface area (Å²) < 4.78 is 10.7. The molecule has 0 spiro atoms. The fraction of sp³-hybridized carbons (Fsp3) is 0.568. The number of methoxy groups -OCH3 is 1. The van der Waals surface area contributed by atoms with Gasteiger partial charge in [-0.05, 0) is 82.2 Å². The summed E-state index contributed by atoms with van der Waals surface area (Å²) >= 11 is 0. The third kappa shape index (κ3) is 5.10. The third-order valence-electron chi connectivity index (χ3n) is 11.3. The molecule has 3 aliphatic heterocycles. The normalized spacial score (nSPS) is 26.2. The molecule has 10 heteroatoms. The maximum absolute atomic E-state index is 14.0. The Morgan fingerprint density at radius 3 is 2.53 bits per heavy atom. The van der Waals surface area contributed by atoms with Crippen LogP contribution in [-0.4, -0.2) is 61.1 Å². The lowest BCUT2D eigenvalue weighted by atomic mass is 9.85. The van der Waals surface area contributed by atoms with E-state index in [1.807, 2.05) is 43.9 Å². The predicted octanol–water partition coefficient (Wildman–Crippen LogP) is 6.27. The van der Waals surface area contributed by atoms with E-state index in [0.717, 1.165) is 110 Å². The minimum atomic E-state index is -0.412. The maximum Gasteiger partial charge on any atom is 0.254 e. The summed E-state index contributed by atoms with van der Waals surface area (Å²) in [6, 6.07) is 10.7. The second-order valence-corrected chi connectivity index (χ2v) is 15.1. The average Bonchev–Trinajstić information content (AvgIpc) is 3.40. The minimum absolute atomic E-state index is 0.0248. The van der Waals surface area contributed by atoms with Gasteiger partial charge in [-0.25, -0.2) is 9.97 Å². The van der Waals surface area contributed by atoms with Gasteiger partial charge in [0.2, 0.25) is 5.91 Å². The molecule has 4 aliphatic rings.